The van der Waals surface area contributed by atoms with Crippen molar-refractivity contribution >= 4 is 21.8 Å². The molecule has 0 bridgehead atoms. The molecule has 0 heterocycles. The van der Waals surface area contributed by atoms with Gasteiger partial charge in [-0.2, -0.15) is 0 Å². The fourth-order valence-corrected chi connectivity index (χ4v) is 2.45. The minimum Gasteiger partial charge on any atom is -0.339 e. The van der Waals surface area contributed by atoms with Gasteiger partial charge in [-0.25, -0.2) is 0 Å². The molecule has 1 amide bonds. The molecule has 0 radical (unpaired) electrons. The van der Waals surface area contributed by atoms with Crippen LogP contribution < -0.4 is 0 Å². The Labute approximate surface area is 112 Å². The van der Waals surface area contributed by atoms with Gasteiger partial charge < -0.3 is 4.90 Å². The zero-order valence-electron chi connectivity index (χ0n) is 11.0. The lowest BCUT2D eigenvalue weighted by molar-refractivity contribution is 0.0745. The van der Waals surface area contributed by atoms with Gasteiger partial charge in [-0.3, -0.25) is 4.79 Å². The highest BCUT2D eigenvalue weighted by Gasteiger charge is 2.15. The molecular formula is C14H20BrNO. The molecular weight excluding hydrogens is 278 g/mol. The van der Waals surface area contributed by atoms with Crippen LogP contribution >= 0.6 is 15.9 Å². The lowest BCUT2D eigenvalue weighted by Crippen LogP contribution is -2.34. The number of hydrogen-bond donors (Lipinski definition) is 0. The second kappa shape index (κ2) is 6.20. The zero-order chi connectivity index (χ0) is 13.0. The Bertz CT molecular complexity index is 381. The molecule has 3 heteroatoms. The zero-order valence-corrected chi connectivity index (χ0v) is 12.5. The molecule has 0 aromatic heterocycles. The molecule has 94 valence electrons. The Morgan fingerprint density at radius 1 is 1.35 bits per heavy atom. The van der Waals surface area contributed by atoms with Crippen molar-refractivity contribution in [3.63, 3.8) is 0 Å². The van der Waals surface area contributed by atoms with Crippen molar-refractivity contribution in [1.29, 1.82) is 0 Å². The average Bonchev–Trinajstić information content (AvgIpc) is 2.23. The number of nitrogens with zero attached hydrogens (tertiary/aromatic N) is 1. The van der Waals surface area contributed by atoms with Crippen LogP contribution in [-0.4, -0.2) is 23.9 Å². The van der Waals surface area contributed by atoms with Crippen LogP contribution in [0.4, 0.5) is 0 Å². The van der Waals surface area contributed by atoms with Gasteiger partial charge in [-0.05, 0) is 43.5 Å². The van der Waals surface area contributed by atoms with Crippen molar-refractivity contribution < 1.29 is 4.79 Å². The Kier molecular flexibility index (Phi) is 5.19. The summed E-state index contributed by atoms with van der Waals surface area (Å²) in [6.07, 6.45) is 0. The Morgan fingerprint density at radius 2 is 2.00 bits per heavy atom. The second-order valence-electron chi connectivity index (χ2n) is 4.75. The van der Waals surface area contributed by atoms with Gasteiger partial charge in [0, 0.05) is 23.1 Å². The summed E-state index contributed by atoms with van der Waals surface area (Å²) in [5.74, 6) is 0.609. The van der Waals surface area contributed by atoms with E-state index in [0.717, 1.165) is 28.7 Å². The lowest BCUT2D eigenvalue weighted by atomic mass is 10.1. The third-order valence-electron chi connectivity index (χ3n) is 2.54. The molecule has 1 aromatic carbocycles. The summed E-state index contributed by atoms with van der Waals surface area (Å²) in [5, 5.41) is 0. The summed E-state index contributed by atoms with van der Waals surface area (Å²) >= 11 is 3.43. The van der Waals surface area contributed by atoms with Gasteiger partial charge in [0.1, 0.15) is 0 Å². The van der Waals surface area contributed by atoms with Crippen LogP contribution in [0.2, 0.25) is 0 Å². The molecule has 0 atom stereocenters. The number of carbonyl (C=O) groups is 1. The number of carbonyl (C=O) groups excluding carboxylic acids is 1. The first-order chi connectivity index (χ1) is 7.93. The maximum Gasteiger partial charge on any atom is 0.253 e. The first kappa shape index (κ1) is 14.2. The van der Waals surface area contributed by atoms with E-state index in [2.05, 4.69) is 29.8 Å². The van der Waals surface area contributed by atoms with Gasteiger partial charge in [0.05, 0.1) is 0 Å². The van der Waals surface area contributed by atoms with E-state index < -0.39 is 0 Å². The van der Waals surface area contributed by atoms with Crippen LogP contribution in [-0.2, 0) is 0 Å². The highest BCUT2D eigenvalue weighted by Crippen LogP contribution is 2.17. The molecule has 0 N–H and O–H groups in total. The molecule has 0 fully saturated rings. The average molecular weight is 298 g/mol. The smallest absolute Gasteiger partial charge is 0.253 e. The maximum absolute atomic E-state index is 12.3. The van der Waals surface area contributed by atoms with Crippen molar-refractivity contribution in [2.75, 3.05) is 13.1 Å². The largest absolute Gasteiger partial charge is 0.339 e. The summed E-state index contributed by atoms with van der Waals surface area (Å²) in [4.78, 5) is 14.2. The summed E-state index contributed by atoms with van der Waals surface area (Å²) in [7, 11) is 0. The number of aryl methyl sites for hydroxylation is 1. The Balaban J connectivity index is 2.93. The standard InChI is InChI=1S/C14H20BrNO/c1-5-16(9-10(2)3)14(17)12-6-11(4)7-13(15)8-12/h6-8,10H,5,9H2,1-4H3. The summed E-state index contributed by atoms with van der Waals surface area (Å²) in [6.45, 7) is 9.83. The van der Waals surface area contributed by atoms with Crippen molar-refractivity contribution in [3.8, 4) is 0 Å². The van der Waals surface area contributed by atoms with Gasteiger partial charge in [0.2, 0.25) is 0 Å². The molecule has 0 aliphatic carbocycles. The summed E-state index contributed by atoms with van der Waals surface area (Å²) in [6, 6.07) is 5.84. The molecule has 1 rings (SSSR count). The SMILES string of the molecule is CCN(CC(C)C)C(=O)c1cc(C)cc(Br)c1. The molecule has 0 spiro atoms. The highest BCUT2D eigenvalue weighted by atomic mass is 79.9. The third kappa shape index (κ3) is 4.15. The van der Waals surface area contributed by atoms with E-state index in [1.54, 1.807) is 0 Å². The molecule has 0 saturated carbocycles. The number of hydrogen-bond acceptors (Lipinski definition) is 1. The van der Waals surface area contributed by atoms with Crippen molar-refractivity contribution in [3.05, 3.63) is 33.8 Å². The Hall–Kier alpha value is -0.830. The van der Waals surface area contributed by atoms with Gasteiger partial charge in [-0.1, -0.05) is 29.8 Å². The van der Waals surface area contributed by atoms with Crippen LogP contribution in [0.1, 0.15) is 36.7 Å². The van der Waals surface area contributed by atoms with E-state index in [9.17, 15) is 4.79 Å². The molecule has 0 aliphatic rings. The molecule has 0 unspecified atom stereocenters. The van der Waals surface area contributed by atoms with Crippen molar-refractivity contribution in [1.82, 2.24) is 4.90 Å². The van der Waals surface area contributed by atoms with Gasteiger partial charge in [-0.15, -0.1) is 0 Å². The fourth-order valence-electron chi connectivity index (χ4n) is 1.84. The molecule has 2 nitrogen and oxygen atoms in total. The monoisotopic (exact) mass is 297 g/mol. The van der Waals surface area contributed by atoms with E-state index in [1.807, 2.05) is 36.9 Å². The number of amides is 1. The van der Waals surface area contributed by atoms with Crippen LogP contribution in [0.15, 0.2) is 22.7 Å². The van der Waals surface area contributed by atoms with E-state index in [-0.39, 0.29) is 5.91 Å². The lowest BCUT2D eigenvalue weighted by Gasteiger charge is -2.23. The van der Waals surface area contributed by atoms with E-state index >= 15 is 0 Å². The van der Waals surface area contributed by atoms with Gasteiger partial charge in [0.15, 0.2) is 0 Å². The van der Waals surface area contributed by atoms with E-state index in [1.165, 1.54) is 0 Å². The van der Waals surface area contributed by atoms with Crippen molar-refractivity contribution in [2.24, 2.45) is 5.92 Å². The summed E-state index contributed by atoms with van der Waals surface area (Å²) < 4.78 is 0.960. The maximum atomic E-state index is 12.3. The first-order valence-corrected chi connectivity index (χ1v) is 6.79. The highest BCUT2D eigenvalue weighted by molar-refractivity contribution is 9.10. The molecule has 0 aliphatic heterocycles. The minimum atomic E-state index is 0.116. The number of rotatable bonds is 4. The number of benzene rings is 1. The van der Waals surface area contributed by atoms with Crippen LogP contribution in [0.3, 0.4) is 0 Å². The molecule has 0 saturated heterocycles. The predicted molar refractivity (Wildman–Crippen MR) is 75.3 cm³/mol. The van der Waals surface area contributed by atoms with Crippen LogP contribution in [0, 0.1) is 12.8 Å². The van der Waals surface area contributed by atoms with E-state index in [0.29, 0.717) is 5.92 Å². The topological polar surface area (TPSA) is 20.3 Å². The molecule has 1 aromatic rings. The normalized spacial score (nSPS) is 10.7. The van der Waals surface area contributed by atoms with Gasteiger partial charge in [0.25, 0.3) is 5.91 Å². The third-order valence-corrected chi connectivity index (χ3v) is 3.00. The van der Waals surface area contributed by atoms with Crippen LogP contribution in [0.5, 0.6) is 0 Å². The Morgan fingerprint density at radius 3 is 2.47 bits per heavy atom. The van der Waals surface area contributed by atoms with E-state index in [4.69, 9.17) is 0 Å². The minimum absolute atomic E-state index is 0.116. The fraction of sp³-hybridized carbons (Fsp3) is 0.500. The van der Waals surface area contributed by atoms with Crippen LogP contribution in [0.25, 0.3) is 0 Å². The first-order valence-electron chi connectivity index (χ1n) is 6.00. The van der Waals surface area contributed by atoms with Gasteiger partial charge >= 0.3 is 0 Å². The van der Waals surface area contributed by atoms with Crippen molar-refractivity contribution in [2.45, 2.75) is 27.7 Å². The summed E-state index contributed by atoms with van der Waals surface area (Å²) in [5.41, 5.74) is 1.86. The molecule has 17 heavy (non-hydrogen) atoms. The predicted octanol–water partition coefficient (Wildman–Crippen LogP) is 3.88. The number of halogens is 1. The quantitative estimate of drug-likeness (QED) is 0.826. The second-order valence-corrected chi connectivity index (χ2v) is 5.67.